The van der Waals surface area contributed by atoms with E-state index in [0.29, 0.717) is 16.8 Å². The van der Waals surface area contributed by atoms with E-state index in [1.54, 1.807) is 25.1 Å². The summed E-state index contributed by atoms with van der Waals surface area (Å²) >= 11 is 11.7. The van der Waals surface area contributed by atoms with E-state index in [-0.39, 0.29) is 10.0 Å². The summed E-state index contributed by atoms with van der Waals surface area (Å²) in [5.41, 5.74) is 6.13. The lowest BCUT2D eigenvalue weighted by Crippen LogP contribution is -2.27. The third kappa shape index (κ3) is 4.37. The molecule has 2 aromatic rings. The maximum atomic E-state index is 13.6. The monoisotopic (exact) mass is 369 g/mol. The number of urea groups is 1. The van der Waals surface area contributed by atoms with E-state index in [1.807, 2.05) is 0 Å². The summed E-state index contributed by atoms with van der Waals surface area (Å²) < 4.78 is 13.6. The van der Waals surface area contributed by atoms with Gasteiger partial charge in [0.1, 0.15) is 5.82 Å². The van der Waals surface area contributed by atoms with Crippen molar-refractivity contribution in [1.82, 2.24) is 5.32 Å². The summed E-state index contributed by atoms with van der Waals surface area (Å²) in [6, 6.07) is 7.41. The van der Waals surface area contributed by atoms with Crippen LogP contribution in [-0.2, 0) is 0 Å². The van der Waals surface area contributed by atoms with Crippen molar-refractivity contribution in [3.05, 3.63) is 63.4 Å². The third-order valence-corrected chi connectivity index (χ3v) is 3.86. The zero-order chi connectivity index (χ0) is 17.9. The largest absolute Gasteiger partial charge is 0.351 e. The molecule has 0 radical (unpaired) electrons. The van der Waals surface area contributed by atoms with Crippen molar-refractivity contribution in [3.63, 3.8) is 0 Å². The predicted molar refractivity (Wildman–Crippen MR) is 91.9 cm³/mol. The second kappa shape index (κ2) is 7.51. The molecule has 0 fully saturated rings. The van der Waals surface area contributed by atoms with Gasteiger partial charge in [-0.2, -0.15) is 0 Å². The Morgan fingerprint density at radius 1 is 1.17 bits per heavy atom. The first-order valence-corrected chi connectivity index (χ1v) is 7.65. The molecular formula is C16H14Cl2FN3O2. The van der Waals surface area contributed by atoms with Gasteiger partial charge in [-0.15, -0.1) is 0 Å². The predicted octanol–water partition coefficient (Wildman–Crippen LogP) is 4.11. The van der Waals surface area contributed by atoms with Gasteiger partial charge < -0.3 is 16.4 Å². The summed E-state index contributed by atoms with van der Waals surface area (Å²) in [7, 11) is 0. The third-order valence-electron chi connectivity index (χ3n) is 3.25. The number of carbonyl (C=O) groups excluding carboxylic acids is 2. The molecule has 0 unspecified atom stereocenters. The number of anilines is 1. The Morgan fingerprint density at radius 3 is 2.54 bits per heavy atom. The van der Waals surface area contributed by atoms with Gasteiger partial charge in [-0.25, -0.2) is 9.18 Å². The molecule has 2 aromatic carbocycles. The fourth-order valence-corrected chi connectivity index (χ4v) is 2.65. The second-order valence-electron chi connectivity index (χ2n) is 5.05. The minimum Gasteiger partial charge on any atom is -0.351 e. The van der Waals surface area contributed by atoms with Gasteiger partial charge >= 0.3 is 6.03 Å². The number of hydrogen-bond acceptors (Lipinski definition) is 2. The Labute approximate surface area is 147 Å². The van der Waals surface area contributed by atoms with Crippen LogP contribution < -0.4 is 16.4 Å². The summed E-state index contributed by atoms with van der Waals surface area (Å²) in [6.07, 6.45) is 0. The van der Waals surface area contributed by atoms with Gasteiger partial charge in [0.25, 0.3) is 5.91 Å². The van der Waals surface area contributed by atoms with Crippen molar-refractivity contribution in [3.8, 4) is 0 Å². The molecule has 1 atom stereocenters. The Bertz CT molecular complexity index is 799. The van der Waals surface area contributed by atoms with Gasteiger partial charge in [0.15, 0.2) is 0 Å². The quantitative estimate of drug-likeness (QED) is 0.708. The summed E-state index contributed by atoms with van der Waals surface area (Å²) in [4.78, 5) is 23.2. The van der Waals surface area contributed by atoms with Gasteiger partial charge in [-0.1, -0.05) is 29.3 Å². The van der Waals surface area contributed by atoms with E-state index in [4.69, 9.17) is 28.9 Å². The molecule has 3 amide bonds. The van der Waals surface area contributed by atoms with Crippen LogP contribution in [0.5, 0.6) is 0 Å². The van der Waals surface area contributed by atoms with E-state index in [0.717, 1.165) is 0 Å². The summed E-state index contributed by atoms with van der Waals surface area (Å²) in [5.74, 6) is -1.04. The van der Waals surface area contributed by atoms with E-state index < -0.39 is 23.8 Å². The van der Waals surface area contributed by atoms with Crippen molar-refractivity contribution >= 4 is 40.8 Å². The number of carbonyl (C=O) groups is 2. The van der Waals surface area contributed by atoms with E-state index >= 15 is 0 Å². The standard InChI is InChI=1S/C16H14Cl2FN3O2/c1-8(11-6-14(19)13(18)7-12(11)17)21-15(23)9-3-2-4-10(5-9)22-16(20)24/h2-8H,1H3,(H,21,23)(H3,20,22,24)/t8-/m0/s1. The molecule has 0 saturated heterocycles. The first-order chi connectivity index (χ1) is 11.3. The molecule has 0 heterocycles. The Morgan fingerprint density at radius 2 is 1.88 bits per heavy atom. The van der Waals surface area contributed by atoms with Crippen LogP contribution in [0.1, 0.15) is 28.9 Å². The van der Waals surface area contributed by atoms with E-state index in [1.165, 1.54) is 18.2 Å². The smallest absolute Gasteiger partial charge is 0.316 e. The lowest BCUT2D eigenvalue weighted by molar-refractivity contribution is 0.0940. The van der Waals surface area contributed by atoms with Gasteiger partial charge in [-0.3, -0.25) is 4.79 Å². The summed E-state index contributed by atoms with van der Waals surface area (Å²) in [6.45, 7) is 1.66. The van der Waals surface area contributed by atoms with Crippen LogP contribution in [0.15, 0.2) is 36.4 Å². The van der Waals surface area contributed by atoms with Gasteiger partial charge in [0, 0.05) is 16.3 Å². The van der Waals surface area contributed by atoms with Crippen molar-refractivity contribution in [1.29, 1.82) is 0 Å². The lowest BCUT2D eigenvalue weighted by atomic mass is 10.1. The number of benzene rings is 2. The van der Waals surface area contributed by atoms with Crippen molar-refractivity contribution in [2.75, 3.05) is 5.32 Å². The van der Waals surface area contributed by atoms with Crippen molar-refractivity contribution in [2.45, 2.75) is 13.0 Å². The topological polar surface area (TPSA) is 84.2 Å². The molecule has 0 bridgehead atoms. The average Bonchev–Trinajstić information content (AvgIpc) is 2.50. The first-order valence-electron chi connectivity index (χ1n) is 6.89. The van der Waals surface area contributed by atoms with Crippen LogP contribution in [0.3, 0.4) is 0 Å². The molecule has 0 aromatic heterocycles. The Kier molecular flexibility index (Phi) is 5.64. The van der Waals surface area contributed by atoms with Crippen molar-refractivity contribution in [2.24, 2.45) is 5.73 Å². The fourth-order valence-electron chi connectivity index (χ4n) is 2.11. The average molecular weight is 370 g/mol. The normalized spacial score (nSPS) is 11.7. The zero-order valence-electron chi connectivity index (χ0n) is 12.6. The minimum atomic E-state index is -0.732. The number of amides is 3. The number of hydrogen-bond donors (Lipinski definition) is 3. The number of rotatable bonds is 4. The van der Waals surface area contributed by atoms with Crippen molar-refractivity contribution < 1.29 is 14.0 Å². The molecule has 8 heteroatoms. The van der Waals surface area contributed by atoms with Crippen LogP contribution in [0.4, 0.5) is 14.9 Å². The van der Waals surface area contributed by atoms with Crippen LogP contribution in [-0.4, -0.2) is 11.9 Å². The highest BCUT2D eigenvalue weighted by atomic mass is 35.5. The molecule has 0 spiro atoms. The molecule has 24 heavy (non-hydrogen) atoms. The van der Waals surface area contributed by atoms with Crippen LogP contribution in [0.25, 0.3) is 0 Å². The van der Waals surface area contributed by atoms with Crippen LogP contribution in [0.2, 0.25) is 10.0 Å². The maximum absolute atomic E-state index is 13.6. The van der Waals surface area contributed by atoms with Gasteiger partial charge in [0.2, 0.25) is 0 Å². The van der Waals surface area contributed by atoms with Gasteiger partial charge in [0.05, 0.1) is 11.1 Å². The van der Waals surface area contributed by atoms with E-state index in [2.05, 4.69) is 10.6 Å². The highest BCUT2D eigenvalue weighted by Gasteiger charge is 2.16. The molecule has 0 aliphatic heterocycles. The number of halogens is 3. The Balaban J connectivity index is 2.17. The molecule has 0 saturated carbocycles. The number of nitrogens with one attached hydrogen (secondary N) is 2. The SMILES string of the molecule is C[C@H](NC(=O)c1cccc(NC(N)=O)c1)c1cc(F)c(Cl)cc1Cl. The fraction of sp³-hybridized carbons (Fsp3) is 0.125. The lowest BCUT2D eigenvalue weighted by Gasteiger charge is -2.16. The molecule has 126 valence electrons. The Hall–Kier alpha value is -2.31. The molecule has 4 N–H and O–H groups in total. The van der Waals surface area contributed by atoms with Crippen LogP contribution >= 0.6 is 23.2 Å². The maximum Gasteiger partial charge on any atom is 0.316 e. The number of primary amides is 1. The van der Waals surface area contributed by atoms with Crippen LogP contribution in [0, 0.1) is 5.82 Å². The number of nitrogens with two attached hydrogens (primary N) is 1. The highest BCUT2D eigenvalue weighted by Crippen LogP contribution is 2.28. The van der Waals surface area contributed by atoms with E-state index in [9.17, 15) is 14.0 Å². The molecule has 2 rings (SSSR count). The first kappa shape index (κ1) is 18.0. The minimum absolute atomic E-state index is 0.0903. The second-order valence-corrected chi connectivity index (χ2v) is 5.87. The summed E-state index contributed by atoms with van der Waals surface area (Å²) in [5, 5.41) is 5.24. The highest BCUT2D eigenvalue weighted by molar-refractivity contribution is 6.35. The zero-order valence-corrected chi connectivity index (χ0v) is 14.1. The molecule has 0 aliphatic rings. The van der Waals surface area contributed by atoms with Gasteiger partial charge in [-0.05, 0) is 42.8 Å². The molecular weight excluding hydrogens is 356 g/mol. The molecule has 5 nitrogen and oxygen atoms in total. The molecule has 0 aliphatic carbocycles.